The number of ether oxygens (including phenoxy) is 1. The highest BCUT2D eigenvalue weighted by molar-refractivity contribution is 7.10. The van der Waals surface area contributed by atoms with Crippen molar-refractivity contribution in [1.82, 2.24) is 25.0 Å². The van der Waals surface area contributed by atoms with Crippen molar-refractivity contribution in [2.75, 3.05) is 32.8 Å². The van der Waals surface area contributed by atoms with Crippen LogP contribution in [0.2, 0.25) is 0 Å². The minimum atomic E-state index is 0.0373. The summed E-state index contributed by atoms with van der Waals surface area (Å²) in [5, 5.41) is 9.14. The lowest BCUT2D eigenvalue weighted by Gasteiger charge is -2.34. The Morgan fingerprint density at radius 1 is 1.43 bits per heavy atom. The number of aryl methyl sites for hydroxylation is 1. The van der Waals surface area contributed by atoms with Crippen LogP contribution in [0.5, 0.6) is 0 Å². The molecule has 0 aromatic carbocycles. The molecule has 1 saturated heterocycles. The first-order valence-corrected chi connectivity index (χ1v) is 8.65. The molecule has 1 aliphatic heterocycles. The summed E-state index contributed by atoms with van der Waals surface area (Å²) >= 11 is 1.73. The maximum atomic E-state index is 12.1. The first-order chi connectivity index (χ1) is 11.3. The molecule has 1 N–H and O–H groups in total. The smallest absolute Gasteiger partial charge is 0.221 e. The fraction of sp³-hybridized carbons (Fsp3) is 0.533. The molecule has 7 nitrogen and oxygen atoms in total. The summed E-state index contributed by atoms with van der Waals surface area (Å²) in [5.41, 5.74) is 0. The number of thiophene rings is 1. The van der Waals surface area contributed by atoms with Gasteiger partial charge in [-0.25, -0.2) is 4.98 Å². The van der Waals surface area contributed by atoms with Crippen LogP contribution in [0.1, 0.15) is 17.3 Å². The van der Waals surface area contributed by atoms with Gasteiger partial charge in [-0.05, 0) is 11.4 Å². The molecule has 0 unspecified atom stereocenters. The van der Waals surface area contributed by atoms with E-state index in [-0.39, 0.29) is 11.9 Å². The van der Waals surface area contributed by atoms with Crippen molar-refractivity contribution >= 4 is 17.2 Å². The lowest BCUT2D eigenvalue weighted by atomic mass is 10.2. The van der Waals surface area contributed by atoms with Gasteiger partial charge in [-0.3, -0.25) is 14.4 Å². The summed E-state index contributed by atoms with van der Waals surface area (Å²) in [5.74, 6) is 0.0373. The fourth-order valence-corrected chi connectivity index (χ4v) is 3.50. The standard InChI is InChI=1S/C15H21N5O2S/c21-15(3-4-20-12-16-11-18-20)17-10-13(14-2-1-9-23-14)19-5-7-22-8-6-19/h1-2,9,11-13H,3-8,10H2,(H,17,21)/t13-/m1/s1. The topological polar surface area (TPSA) is 72.3 Å². The van der Waals surface area contributed by atoms with Crippen molar-refractivity contribution in [1.29, 1.82) is 0 Å². The molecule has 2 aromatic heterocycles. The van der Waals surface area contributed by atoms with Gasteiger partial charge in [-0.15, -0.1) is 11.3 Å². The molecule has 1 fully saturated rings. The van der Waals surface area contributed by atoms with E-state index in [1.165, 1.54) is 11.2 Å². The molecule has 0 bridgehead atoms. The number of amides is 1. The Morgan fingerprint density at radius 2 is 2.30 bits per heavy atom. The highest BCUT2D eigenvalue weighted by atomic mass is 32.1. The third-order valence-corrected chi connectivity index (χ3v) is 4.86. The molecular formula is C15H21N5O2S. The quantitative estimate of drug-likeness (QED) is 0.815. The number of aromatic nitrogens is 3. The summed E-state index contributed by atoms with van der Waals surface area (Å²) in [6.07, 6.45) is 3.50. The maximum Gasteiger partial charge on any atom is 0.221 e. The highest BCUT2D eigenvalue weighted by Gasteiger charge is 2.23. The van der Waals surface area contributed by atoms with E-state index in [0.717, 1.165) is 26.3 Å². The van der Waals surface area contributed by atoms with Crippen molar-refractivity contribution in [2.24, 2.45) is 0 Å². The van der Waals surface area contributed by atoms with Crippen molar-refractivity contribution in [3.8, 4) is 0 Å². The first-order valence-electron chi connectivity index (χ1n) is 7.77. The third kappa shape index (κ3) is 4.60. The highest BCUT2D eigenvalue weighted by Crippen LogP contribution is 2.25. The number of nitrogens with one attached hydrogen (secondary N) is 1. The van der Waals surface area contributed by atoms with E-state index >= 15 is 0 Å². The molecule has 3 rings (SSSR count). The summed E-state index contributed by atoms with van der Waals surface area (Å²) in [6.45, 7) is 4.47. The van der Waals surface area contributed by atoms with Crippen LogP contribution >= 0.6 is 11.3 Å². The average molecular weight is 335 g/mol. The van der Waals surface area contributed by atoms with Crippen LogP contribution in [-0.2, 0) is 16.1 Å². The van der Waals surface area contributed by atoms with E-state index in [1.807, 2.05) is 0 Å². The third-order valence-electron chi connectivity index (χ3n) is 3.89. The van der Waals surface area contributed by atoms with Gasteiger partial charge in [0.15, 0.2) is 0 Å². The van der Waals surface area contributed by atoms with Gasteiger partial charge < -0.3 is 10.1 Å². The van der Waals surface area contributed by atoms with Gasteiger partial charge in [0.05, 0.1) is 25.8 Å². The van der Waals surface area contributed by atoms with E-state index in [2.05, 4.69) is 37.8 Å². The number of nitrogens with zero attached hydrogens (tertiary/aromatic N) is 4. The normalized spacial score (nSPS) is 17.0. The van der Waals surface area contributed by atoms with Crippen LogP contribution < -0.4 is 5.32 Å². The van der Waals surface area contributed by atoms with Gasteiger partial charge in [-0.1, -0.05) is 6.07 Å². The molecule has 1 aliphatic rings. The predicted molar refractivity (Wildman–Crippen MR) is 87.1 cm³/mol. The second-order valence-corrected chi connectivity index (χ2v) is 6.37. The minimum Gasteiger partial charge on any atom is -0.379 e. The molecule has 0 saturated carbocycles. The Labute approximate surface area is 139 Å². The molecule has 23 heavy (non-hydrogen) atoms. The predicted octanol–water partition coefficient (Wildman–Crippen LogP) is 0.919. The minimum absolute atomic E-state index is 0.0373. The van der Waals surface area contributed by atoms with Crippen molar-refractivity contribution in [3.63, 3.8) is 0 Å². The molecule has 0 spiro atoms. The Morgan fingerprint density at radius 3 is 3.00 bits per heavy atom. The molecule has 3 heterocycles. The Balaban J connectivity index is 1.52. The van der Waals surface area contributed by atoms with E-state index in [4.69, 9.17) is 4.74 Å². The first kappa shape index (κ1) is 16.1. The van der Waals surface area contributed by atoms with E-state index < -0.39 is 0 Å². The molecule has 0 radical (unpaired) electrons. The number of morpholine rings is 1. The van der Waals surface area contributed by atoms with Crippen molar-refractivity contribution < 1.29 is 9.53 Å². The maximum absolute atomic E-state index is 12.1. The molecule has 8 heteroatoms. The molecule has 1 atom stereocenters. The zero-order valence-corrected chi connectivity index (χ0v) is 13.7. The second kappa shape index (κ2) is 8.19. The van der Waals surface area contributed by atoms with Crippen LogP contribution in [0.4, 0.5) is 0 Å². The number of rotatable bonds is 7. The number of carbonyl (C=O) groups is 1. The van der Waals surface area contributed by atoms with E-state index in [1.54, 1.807) is 22.3 Å². The van der Waals surface area contributed by atoms with Crippen molar-refractivity contribution in [2.45, 2.75) is 19.0 Å². The Kier molecular flexibility index (Phi) is 5.73. The summed E-state index contributed by atoms with van der Waals surface area (Å²) in [7, 11) is 0. The zero-order chi connectivity index (χ0) is 15.9. The second-order valence-electron chi connectivity index (χ2n) is 5.39. The van der Waals surface area contributed by atoms with Crippen LogP contribution in [0, 0.1) is 0 Å². The van der Waals surface area contributed by atoms with Gasteiger partial charge >= 0.3 is 0 Å². The summed E-state index contributed by atoms with van der Waals surface area (Å²) in [4.78, 5) is 19.6. The van der Waals surface area contributed by atoms with Gasteiger partial charge in [0, 0.05) is 30.9 Å². The van der Waals surface area contributed by atoms with Gasteiger partial charge in [-0.2, -0.15) is 5.10 Å². The average Bonchev–Trinajstić information content (AvgIpc) is 3.28. The van der Waals surface area contributed by atoms with E-state index in [9.17, 15) is 4.79 Å². The number of carbonyl (C=O) groups excluding carboxylic acids is 1. The van der Waals surface area contributed by atoms with Crippen LogP contribution in [0.3, 0.4) is 0 Å². The molecule has 2 aromatic rings. The Hall–Kier alpha value is -1.77. The Bertz CT molecular complexity index is 581. The monoisotopic (exact) mass is 335 g/mol. The number of hydrogen-bond acceptors (Lipinski definition) is 6. The van der Waals surface area contributed by atoms with Crippen LogP contribution in [0.15, 0.2) is 30.2 Å². The molecular weight excluding hydrogens is 314 g/mol. The van der Waals surface area contributed by atoms with Crippen LogP contribution in [-0.4, -0.2) is 58.4 Å². The summed E-state index contributed by atoms with van der Waals surface area (Å²) in [6, 6.07) is 4.40. The van der Waals surface area contributed by atoms with Gasteiger partial charge in [0.2, 0.25) is 5.91 Å². The van der Waals surface area contributed by atoms with E-state index in [0.29, 0.717) is 19.5 Å². The summed E-state index contributed by atoms with van der Waals surface area (Å²) < 4.78 is 7.10. The fourth-order valence-electron chi connectivity index (χ4n) is 2.64. The largest absolute Gasteiger partial charge is 0.379 e. The van der Waals surface area contributed by atoms with Gasteiger partial charge in [0.25, 0.3) is 0 Å². The lowest BCUT2D eigenvalue weighted by Crippen LogP contribution is -2.43. The lowest BCUT2D eigenvalue weighted by molar-refractivity contribution is -0.121. The van der Waals surface area contributed by atoms with Gasteiger partial charge in [0.1, 0.15) is 12.7 Å². The van der Waals surface area contributed by atoms with Crippen molar-refractivity contribution in [3.05, 3.63) is 35.0 Å². The SMILES string of the molecule is O=C(CCn1cncn1)NC[C@H](c1cccs1)N1CCOCC1. The molecule has 1 amide bonds. The number of hydrogen-bond donors (Lipinski definition) is 1. The molecule has 124 valence electrons. The molecule has 0 aliphatic carbocycles. The zero-order valence-electron chi connectivity index (χ0n) is 12.9. The van der Waals surface area contributed by atoms with Crippen LogP contribution in [0.25, 0.3) is 0 Å².